The molecule has 0 bridgehead atoms. The van der Waals surface area contributed by atoms with Crippen LogP contribution in [0.2, 0.25) is 0 Å². The minimum absolute atomic E-state index is 0.00820. The molecule has 1 saturated heterocycles. The van der Waals surface area contributed by atoms with Crippen LogP contribution in [-0.4, -0.2) is 65.9 Å². The number of anilines is 1. The maximum atomic E-state index is 13.7. The average molecular weight is 557 g/mol. The third-order valence-corrected chi connectivity index (χ3v) is 8.48. The first kappa shape index (κ1) is 27.8. The normalized spacial score (nSPS) is 27.3. The van der Waals surface area contributed by atoms with Gasteiger partial charge >= 0.3 is 6.18 Å². The van der Waals surface area contributed by atoms with Gasteiger partial charge in [0.2, 0.25) is 17.7 Å². The number of fused-ring (bicyclic) bond motifs is 1. The Bertz CT molecular complexity index is 1110. The van der Waals surface area contributed by atoms with Gasteiger partial charge in [-0.15, -0.1) is 0 Å². The lowest BCUT2D eigenvalue weighted by Crippen LogP contribution is -2.52. The van der Waals surface area contributed by atoms with Gasteiger partial charge < -0.3 is 15.1 Å². The third-order valence-electron chi connectivity index (χ3n) is 8.48. The van der Waals surface area contributed by atoms with E-state index in [9.17, 15) is 36.3 Å². The third kappa shape index (κ3) is 6.20. The van der Waals surface area contributed by atoms with Gasteiger partial charge in [-0.25, -0.2) is 8.78 Å². The number of hydrogen-bond acceptors (Lipinski definition) is 5. The van der Waals surface area contributed by atoms with Crippen LogP contribution in [0.4, 0.5) is 27.6 Å². The Balaban J connectivity index is 1.33. The van der Waals surface area contributed by atoms with Crippen molar-refractivity contribution < 1.29 is 36.3 Å². The van der Waals surface area contributed by atoms with Crippen LogP contribution in [0.1, 0.15) is 73.7 Å². The summed E-state index contributed by atoms with van der Waals surface area (Å²) < 4.78 is 65.0. The van der Waals surface area contributed by atoms with Crippen LogP contribution in [-0.2, 0) is 16.1 Å². The first-order chi connectivity index (χ1) is 18.4. The van der Waals surface area contributed by atoms with Crippen LogP contribution in [0.25, 0.3) is 0 Å². The van der Waals surface area contributed by atoms with E-state index in [0.29, 0.717) is 37.8 Å². The molecule has 2 saturated carbocycles. The highest BCUT2D eigenvalue weighted by molar-refractivity contribution is 6.06. The molecule has 2 heterocycles. The van der Waals surface area contributed by atoms with Crippen LogP contribution in [0.5, 0.6) is 0 Å². The molecular weight excluding hydrogens is 523 g/mol. The van der Waals surface area contributed by atoms with Gasteiger partial charge in [0.25, 0.3) is 5.91 Å². The quantitative estimate of drug-likeness (QED) is 0.372. The average Bonchev–Trinajstić information content (AvgIpc) is 3.17. The summed E-state index contributed by atoms with van der Waals surface area (Å²) in [5, 5.41) is 5.29. The summed E-state index contributed by atoms with van der Waals surface area (Å²) in [4.78, 5) is 41.0. The lowest BCUT2D eigenvalue weighted by molar-refractivity contribution is -0.137. The standard InChI is InChI=1S/C27H33F5N4O3/c28-26(29)12-16(13-26)14-35(18-6-4-17(5-7-18)33-11-10-27(30,31)32)21-3-1-2-19-20(21)15-36(25(19)39)22-8-9-23(37)34-24(22)38/h1-3,16-18,22,33H,4-15H2,(H,34,37,38). The molecule has 7 nitrogen and oxygen atoms in total. The molecule has 2 aliphatic heterocycles. The molecule has 3 amide bonds. The summed E-state index contributed by atoms with van der Waals surface area (Å²) in [5.41, 5.74) is 1.98. The van der Waals surface area contributed by atoms with Gasteiger partial charge in [0, 0.05) is 67.8 Å². The number of imide groups is 1. The summed E-state index contributed by atoms with van der Waals surface area (Å²) in [5.74, 6) is -4.05. The highest BCUT2D eigenvalue weighted by Crippen LogP contribution is 2.45. The fourth-order valence-corrected chi connectivity index (χ4v) is 6.48. The Morgan fingerprint density at radius 2 is 1.77 bits per heavy atom. The molecule has 0 spiro atoms. The van der Waals surface area contributed by atoms with E-state index in [-0.39, 0.29) is 68.6 Å². The molecule has 12 heteroatoms. The number of alkyl halides is 5. The van der Waals surface area contributed by atoms with E-state index in [1.54, 1.807) is 12.1 Å². The molecule has 214 valence electrons. The molecule has 1 aromatic rings. The number of rotatable bonds is 8. The molecule has 5 rings (SSSR count). The first-order valence-electron chi connectivity index (χ1n) is 13.6. The van der Waals surface area contributed by atoms with Crippen LogP contribution in [0.15, 0.2) is 18.2 Å². The van der Waals surface area contributed by atoms with Crippen LogP contribution >= 0.6 is 0 Å². The van der Waals surface area contributed by atoms with Crippen LogP contribution in [0, 0.1) is 5.92 Å². The first-order valence-corrected chi connectivity index (χ1v) is 13.6. The number of nitrogens with zero attached hydrogens (tertiary/aromatic N) is 2. The number of carbonyl (C=O) groups excluding carboxylic acids is 3. The van der Waals surface area contributed by atoms with E-state index in [0.717, 1.165) is 11.3 Å². The van der Waals surface area contributed by atoms with Crippen molar-refractivity contribution in [2.75, 3.05) is 18.0 Å². The smallest absolute Gasteiger partial charge is 0.368 e. The molecule has 0 radical (unpaired) electrons. The Morgan fingerprint density at radius 1 is 1.05 bits per heavy atom. The predicted molar refractivity (Wildman–Crippen MR) is 132 cm³/mol. The van der Waals surface area contributed by atoms with E-state index < -0.39 is 30.5 Å². The lowest BCUT2D eigenvalue weighted by Gasteiger charge is -2.44. The number of piperidine rings is 1. The second kappa shape index (κ2) is 10.7. The maximum Gasteiger partial charge on any atom is 0.390 e. The van der Waals surface area contributed by atoms with Crippen LogP contribution in [0.3, 0.4) is 0 Å². The van der Waals surface area contributed by atoms with Gasteiger partial charge in [0.1, 0.15) is 6.04 Å². The summed E-state index contributed by atoms with van der Waals surface area (Å²) >= 11 is 0. The molecule has 3 fully saturated rings. The van der Waals surface area contributed by atoms with Crippen molar-refractivity contribution in [3.8, 4) is 0 Å². The zero-order valence-corrected chi connectivity index (χ0v) is 21.5. The minimum Gasteiger partial charge on any atom is -0.368 e. The molecule has 39 heavy (non-hydrogen) atoms. The van der Waals surface area contributed by atoms with Gasteiger partial charge in [-0.05, 0) is 50.2 Å². The predicted octanol–water partition coefficient (Wildman–Crippen LogP) is 4.15. The summed E-state index contributed by atoms with van der Waals surface area (Å²) in [6.45, 7) is 0.446. The van der Waals surface area contributed by atoms with E-state index >= 15 is 0 Å². The van der Waals surface area contributed by atoms with Gasteiger partial charge in [0.15, 0.2) is 0 Å². The van der Waals surface area contributed by atoms with Gasteiger partial charge in [-0.2, -0.15) is 13.2 Å². The number of amides is 3. The SMILES string of the molecule is O=C1CCC(N2Cc3c(cccc3N(CC3CC(F)(F)C3)C3CCC(NCCC(F)(F)F)CC3)C2=O)C(=O)N1. The highest BCUT2D eigenvalue weighted by Gasteiger charge is 2.47. The molecule has 1 aromatic carbocycles. The maximum absolute atomic E-state index is 13.7. The van der Waals surface area contributed by atoms with E-state index in [4.69, 9.17) is 0 Å². The van der Waals surface area contributed by atoms with Crippen LogP contribution < -0.4 is 15.5 Å². The molecule has 1 unspecified atom stereocenters. The Hall–Kier alpha value is -2.76. The molecule has 1 atom stereocenters. The van der Waals surface area contributed by atoms with Crippen molar-refractivity contribution in [1.29, 1.82) is 0 Å². The van der Waals surface area contributed by atoms with E-state index in [2.05, 4.69) is 15.5 Å². The lowest BCUT2D eigenvalue weighted by atomic mass is 9.80. The topological polar surface area (TPSA) is 81.8 Å². The summed E-state index contributed by atoms with van der Waals surface area (Å²) in [7, 11) is 0. The van der Waals surface area contributed by atoms with Gasteiger partial charge in [-0.3, -0.25) is 19.7 Å². The Kier molecular flexibility index (Phi) is 7.60. The molecule has 4 aliphatic rings. The minimum atomic E-state index is -4.21. The van der Waals surface area contributed by atoms with Gasteiger partial charge in [-0.1, -0.05) is 6.07 Å². The highest BCUT2D eigenvalue weighted by atomic mass is 19.4. The largest absolute Gasteiger partial charge is 0.390 e. The summed E-state index contributed by atoms with van der Waals surface area (Å²) in [6, 6.07) is 4.53. The molecule has 0 aromatic heterocycles. The number of hydrogen-bond donors (Lipinski definition) is 2. The van der Waals surface area contributed by atoms with Crippen molar-refractivity contribution in [1.82, 2.24) is 15.5 Å². The van der Waals surface area contributed by atoms with E-state index in [1.165, 1.54) is 4.90 Å². The van der Waals surface area contributed by atoms with Gasteiger partial charge in [0.05, 0.1) is 6.42 Å². The Morgan fingerprint density at radius 3 is 2.41 bits per heavy atom. The second-order valence-electron chi connectivity index (χ2n) is 11.3. The monoisotopic (exact) mass is 556 g/mol. The zero-order valence-electron chi connectivity index (χ0n) is 21.5. The Labute approximate surface area is 223 Å². The van der Waals surface area contributed by atoms with E-state index in [1.807, 2.05) is 6.07 Å². The second-order valence-corrected chi connectivity index (χ2v) is 11.3. The number of carbonyl (C=O) groups is 3. The number of nitrogens with one attached hydrogen (secondary N) is 2. The van der Waals surface area contributed by atoms with Crippen molar-refractivity contribution in [2.45, 2.75) is 94.6 Å². The van der Waals surface area contributed by atoms with Crippen molar-refractivity contribution in [2.24, 2.45) is 5.92 Å². The van der Waals surface area contributed by atoms with Crippen molar-refractivity contribution in [3.05, 3.63) is 29.3 Å². The fraction of sp³-hybridized carbons (Fsp3) is 0.667. The van der Waals surface area contributed by atoms with Crippen molar-refractivity contribution >= 4 is 23.4 Å². The molecule has 2 aliphatic carbocycles. The number of halogens is 5. The summed E-state index contributed by atoms with van der Waals surface area (Å²) in [6.07, 6.45) is -2.42. The van der Waals surface area contributed by atoms with Crippen molar-refractivity contribution in [3.63, 3.8) is 0 Å². The fourth-order valence-electron chi connectivity index (χ4n) is 6.48. The molecule has 2 N–H and O–H groups in total. The molecular formula is C27H33F5N4O3. The number of benzene rings is 1. The zero-order chi connectivity index (χ0) is 27.9.